The molecule has 0 bridgehead atoms. The molecule has 1 aromatic carbocycles. The highest BCUT2D eigenvalue weighted by Gasteiger charge is 2.27. The van der Waals surface area contributed by atoms with Gasteiger partial charge in [-0.15, -0.1) is 0 Å². The number of carbonyl (C=O) groups is 1. The minimum absolute atomic E-state index is 0.0208. The highest BCUT2D eigenvalue weighted by atomic mass is 16.5. The summed E-state index contributed by atoms with van der Waals surface area (Å²) in [5.74, 6) is 0.862. The molecule has 1 N–H and O–H groups in total. The zero-order valence-corrected chi connectivity index (χ0v) is 16.4. The molecule has 1 aliphatic heterocycles. The maximum atomic E-state index is 11.9. The van der Waals surface area contributed by atoms with Crippen LogP contribution in [0.25, 0.3) is 0 Å². The van der Waals surface area contributed by atoms with Gasteiger partial charge in [-0.25, -0.2) is 0 Å². The van der Waals surface area contributed by atoms with E-state index in [-0.39, 0.29) is 11.9 Å². The quantitative estimate of drug-likeness (QED) is 0.479. The molecule has 6 heteroatoms. The molecule has 1 heterocycles. The van der Waals surface area contributed by atoms with Crippen molar-refractivity contribution in [3.05, 3.63) is 30.3 Å². The number of likely N-dealkylation sites (N-methyl/N-ethyl adjacent to an activating group) is 1. The number of para-hydroxylation sites is 1. The predicted octanol–water partition coefficient (Wildman–Crippen LogP) is 2.36. The van der Waals surface area contributed by atoms with Crippen molar-refractivity contribution >= 4 is 17.6 Å². The van der Waals surface area contributed by atoms with Gasteiger partial charge in [-0.3, -0.25) is 9.79 Å². The second-order valence-corrected chi connectivity index (χ2v) is 6.74. The first kappa shape index (κ1) is 20.1. The zero-order valence-electron chi connectivity index (χ0n) is 16.4. The Kier molecular flexibility index (Phi) is 7.75. The molecule has 1 fully saturated rings. The summed E-state index contributed by atoms with van der Waals surface area (Å²) >= 11 is 0. The first-order valence-corrected chi connectivity index (χ1v) is 9.46. The van der Waals surface area contributed by atoms with Gasteiger partial charge in [0, 0.05) is 45.5 Å². The Labute approximate surface area is 157 Å². The number of guanidine groups is 1. The Morgan fingerprint density at radius 2 is 2.00 bits per heavy atom. The number of carbonyl (C=O) groups excluding carboxylic acids is 1. The van der Waals surface area contributed by atoms with Crippen LogP contribution in [0.1, 0.15) is 26.7 Å². The Balaban J connectivity index is 1.82. The summed E-state index contributed by atoms with van der Waals surface area (Å²) in [6, 6.07) is 10.7. The third-order valence-corrected chi connectivity index (χ3v) is 5.01. The summed E-state index contributed by atoms with van der Waals surface area (Å²) in [7, 11) is 3.92. The highest BCUT2D eigenvalue weighted by Crippen LogP contribution is 2.19. The summed E-state index contributed by atoms with van der Waals surface area (Å²) < 4.78 is 5.14. The molecule has 0 radical (unpaired) electrons. The first-order chi connectivity index (χ1) is 12.6. The maximum absolute atomic E-state index is 11.9. The van der Waals surface area contributed by atoms with E-state index in [4.69, 9.17) is 4.74 Å². The van der Waals surface area contributed by atoms with E-state index in [1.165, 1.54) is 5.69 Å². The molecule has 0 spiro atoms. The number of nitrogens with one attached hydrogen (secondary N) is 1. The standard InChI is InChI=1S/C20H32N4O2/c1-5-26-19(25)17-11-13-24(14-12-17)20(21-3)22-15-16(2)23(4)18-9-7-6-8-10-18/h6-10,16-17H,5,11-15H2,1-4H3,(H,21,22). The molecule has 0 amide bonds. The molecular weight excluding hydrogens is 328 g/mol. The fourth-order valence-electron chi connectivity index (χ4n) is 3.21. The van der Waals surface area contributed by atoms with Crippen molar-refractivity contribution < 1.29 is 9.53 Å². The normalized spacial score (nSPS) is 16.9. The van der Waals surface area contributed by atoms with Gasteiger partial charge < -0.3 is 19.9 Å². The van der Waals surface area contributed by atoms with E-state index in [1.807, 2.05) is 20.0 Å². The molecule has 1 atom stereocenters. The Morgan fingerprint density at radius 1 is 1.35 bits per heavy atom. The molecular formula is C20H32N4O2. The third kappa shape index (κ3) is 5.38. The van der Waals surface area contributed by atoms with Gasteiger partial charge in [0.25, 0.3) is 0 Å². The lowest BCUT2D eigenvalue weighted by molar-refractivity contribution is -0.149. The molecule has 6 nitrogen and oxygen atoms in total. The summed E-state index contributed by atoms with van der Waals surface area (Å²) in [6.45, 7) is 6.95. The van der Waals surface area contributed by atoms with Gasteiger partial charge in [-0.2, -0.15) is 0 Å². The van der Waals surface area contributed by atoms with Crippen LogP contribution in [0.5, 0.6) is 0 Å². The number of anilines is 1. The lowest BCUT2D eigenvalue weighted by atomic mass is 9.97. The van der Waals surface area contributed by atoms with Gasteiger partial charge in [-0.05, 0) is 38.8 Å². The van der Waals surface area contributed by atoms with E-state index >= 15 is 0 Å². The monoisotopic (exact) mass is 360 g/mol. The smallest absolute Gasteiger partial charge is 0.309 e. The average Bonchev–Trinajstić information content (AvgIpc) is 2.69. The number of esters is 1. The van der Waals surface area contributed by atoms with Crippen molar-refractivity contribution in [2.24, 2.45) is 10.9 Å². The molecule has 1 saturated heterocycles. The van der Waals surface area contributed by atoms with E-state index in [0.29, 0.717) is 12.6 Å². The predicted molar refractivity (Wildman–Crippen MR) is 107 cm³/mol. The minimum atomic E-state index is -0.0618. The van der Waals surface area contributed by atoms with E-state index in [0.717, 1.165) is 38.4 Å². The second-order valence-electron chi connectivity index (χ2n) is 6.74. The largest absolute Gasteiger partial charge is 0.466 e. The van der Waals surface area contributed by atoms with Crippen LogP contribution >= 0.6 is 0 Å². The van der Waals surface area contributed by atoms with Gasteiger partial charge in [0.15, 0.2) is 5.96 Å². The van der Waals surface area contributed by atoms with Crippen LogP contribution in [0.2, 0.25) is 0 Å². The Morgan fingerprint density at radius 3 is 2.58 bits per heavy atom. The fourth-order valence-corrected chi connectivity index (χ4v) is 3.21. The minimum Gasteiger partial charge on any atom is -0.466 e. The molecule has 1 aromatic rings. The van der Waals surface area contributed by atoms with E-state index < -0.39 is 0 Å². The van der Waals surface area contributed by atoms with Crippen LogP contribution in [0, 0.1) is 5.92 Å². The fraction of sp³-hybridized carbons (Fsp3) is 0.600. The van der Waals surface area contributed by atoms with Crippen LogP contribution in [0.15, 0.2) is 35.3 Å². The molecule has 144 valence electrons. The number of piperidine rings is 1. The third-order valence-electron chi connectivity index (χ3n) is 5.01. The van der Waals surface area contributed by atoms with Crippen molar-refractivity contribution in [2.45, 2.75) is 32.7 Å². The summed E-state index contributed by atoms with van der Waals surface area (Å²) in [5.41, 5.74) is 1.20. The molecule has 1 aliphatic rings. The maximum Gasteiger partial charge on any atom is 0.309 e. The number of ether oxygens (including phenoxy) is 1. The van der Waals surface area contributed by atoms with Crippen LogP contribution in [-0.2, 0) is 9.53 Å². The molecule has 0 aromatic heterocycles. The molecule has 0 saturated carbocycles. The van der Waals surface area contributed by atoms with Gasteiger partial charge in [0.2, 0.25) is 0 Å². The SMILES string of the molecule is CCOC(=O)C1CCN(C(=NC)NCC(C)N(C)c2ccccc2)CC1. The lowest BCUT2D eigenvalue weighted by Crippen LogP contribution is -2.49. The summed E-state index contributed by atoms with van der Waals surface area (Å²) in [6.07, 6.45) is 1.64. The number of hydrogen-bond acceptors (Lipinski definition) is 4. The van der Waals surface area contributed by atoms with E-state index in [2.05, 4.69) is 58.3 Å². The average molecular weight is 361 g/mol. The van der Waals surface area contributed by atoms with E-state index in [1.54, 1.807) is 0 Å². The molecule has 1 unspecified atom stereocenters. The van der Waals surface area contributed by atoms with Crippen molar-refractivity contribution in [2.75, 3.05) is 45.2 Å². The molecule has 0 aliphatic carbocycles. The van der Waals surface area contributed by atoms with Crippen LogP contribution in [0.4, 0.5) is 5.69 Å². The van der Waals surface area contributed by atoms with Crippen LogP contribution < -0.4 is 10.2 Å². The molecule has 26 heavy (non-hydrogen) atoms. The highest BCUT2D eigenvalue weighted by molar-refractivity contribution is 5.80. The first-order valence-electron chi connectivity index (χ1n) is 9.46. The van der Waals surface area contributed by atoms with Crippen molar-refractivity contribution in [1.82, 2.24) is 10.2 Å². The number of hydrogen-bond donors (Lipinski definition) is 1. The van der Waals surface area contributed by atoms with Crippen LogP contribution in [-0.4, -0.2) is 63.2 Å². The number of likely N-dealkylation sites (tertiary alicyclic amines) is 1. The number of nitrogens with zero attached hydrogens (tertiary/aromatic N) is 3. The van der Waals surface area contributed by atoms with Gasteiger partial charge in [0.1, 0.15) is 0 Å². The van der Waals surface area contributed by atoms with E-state index in [9.17, 15) is 4.79 Å². The van der Waals surface area contributed by atoms with Gasteiger partial charge in [-0.1, -0.05) is 18.2 Å². The van der Waals surface area contributed by atoms with Crippen molar-refractivity contribution in [3.8, 4) is 0 Å². The lowest BCUT2D eigenvalue weighted by Gasteiger charge is -2.34. The van der Waals surface area contributed by atoms with Gasteiger partial charge >= 0.3 is 5.97 Å². The van der Waals surface area contributed by atoms with Crippen LogP contribution in [0.3, 0.4) is 0 Å². The Bertz CT molecular complexity index is 583. The zero-order chi connectivity index (χ0) is 18.9. The second kappa shape index (κ2) is 10.0. The summed E-state index contributed by atoms with van der Waals surface area (Å²) in [4.78, 5) is 20.8. The topological polar surface area (TPSA) is 57.2 Å². The van der Waals surface area contributed by atoms with Gasteiger partial charge in [0.05, 0.1) is 12.5 Å². The van der Waals surface area contributed by atoms with Crippen molar-refractivity contribution in [3.63, 3.8) is 0 Å². The van der Waals surface area contributed by atoms with Crippen molar-refractivity contribution in [1.29, 1.82) is 0 Å². The molecule has 2 rings (SSSR count). The number of benzene rings is 1. The Hall–Kier alpha value is -2.24. The number of aliphatic imine (C=N–C) groups is 1. The summed E-state index contributed by atoms with van der Waals surface area (Å²) in [5, 5.41) is 3.48. The number of rotatable bonds is 6.